The second-order valence-electron chi connectivity index (χ2n) is 6.92. The van der Waals surface area contributed by atoms with Crippen molar-refractivity contribution in [2.24, 2.45) is 0 Å². The van der Waals surface area contributed by atoms with Gasteiger partial charge in [-0.1, -0.05) is 30.1 Å². The van der Waals surface area contributed by atoms with Gasteiger partial charge in [-0.15, -0.1) is 0 Å². The second-order valence-corrected chi connectivity index (χ2v) is 7.73. The van der Waals surface area contributed by atoms with Crippen LogP contribution in [0.25, 0.3) is 0 Å². The number of benzene rings is 2. The molecule has 1 aliphatic rings. The molecule has 3 rings (SSSR count). The Hall–Kier alpha value is -2.44. The highest BCUT2D eigenvalue weighted by Gasteiger charge is 2.21. The van der Waals surface area contributed by atoms with Crippen LogP contribution in [0.15, 0.2) is 36.4 Å². The summed E-state index contributed by atoms with van der Waals surface area (Å²) < 4.78 is 5.39. The predicted molar refractivity (Wildman–Crippen MR) is 121 cm³/mol. The summed E-state index contributed by atoms with van der Waals surface area (Å²) in [5, 5.41) is 3.78. The minimum absolute atomic E-state index is 0.174. The van der Waals surface area contributed by atoms with E-state index in [1.165, 1.54) is 0 Å². The lowest BCUT2D eigenvalue weighted by Crippen LogP contribution is -2.48. The van der Waals surface area contributed by atoms with Crippen molar-refractivity contribution in [1.29, 1.82) is 0 Å². The second kappa shape index (κ2) is 10.0. The van der Waals surface area contributed by atoms with Crippen molar-refractivity contribution >= 4 is 46.4 Å². The van der Waals surface area contributed by atoms with E-state index in [2.05, 4.69) is 10.2 Å². The number of hydrogen-bond donors (Lipinski definition) is 1. The minimum Gasteiger partial charge on any atom is -0.492 e. The molecule has 2 amide bonds. The topological polar surface area (TPSA) is 61.9 Å². The molecule has 0 radical (unpaired) electrons. The molecule has 1 heterocycles. The molecule has 0 bridgehead atoms. The molecule has 0 atom stereocenters. The molecule has 160 valence electrons. The van der Waals surface area contributed by atoms with E-state index >= 15 is 0 Å². The summed E-state index contributed by atoms with van der Waals surface area (Å²) in [6.45, 7) is 7.05. The number of halogens is 2. The Kier molecular flexibility index (Phi) is 7.45. The number of piperazine rings is 1. The third kappa shape index (κ3) is 5.18. The number of amides is 2. The van der Waals surface area contributed by atoms with Crippen molar-refractivity contribution in [2.45, 2.75) is 20.3 Å². The highest BCUT2D eigenvalue weighted by atomic mass is 35.5. The van der Waals surface area contributed by atoms with Gasteiger partial charge in [-0.3, -0.25) is 9.59 Å². The largest absolute Gasteiger partial charge is 0.492 e. The molecule has 1 fully saturated rings. The van der Waals surface area contributed by atoms with Crippen LogP contribution >= 0.6 is 23.2 Å². The zero-order valence-corrected chi connectivity index (χ0v) is 18.6. The summed E-state index contributed by atoms with van der Waals surface area (Å²) in [6, 6.07) is 10.4. The van der Waals surface area contributed by atoms with E-state index in [0.717, 1.165) is 18.8 Å². The Morgan fingerprint density at radius 2 is 1.73 bits per heavy atom. The highest BCUT2D eigenvalue weighted by molar-refractivity contribution is 6.34. The van der Waals surface area contributed by atoms with Crippen LogP contribution < -0.4 is 15.0 Å². The number of carbonyl (C=O) groups excluding carboxylic acids is 2. The Labute approximate surface area is 186 Å². The molecular weight excluding hydrogens is 425 g/mol. The molecule has 30 heavy (non-hydrogen) atoms. The van der Waals surface area contributed by atoms with Gasteiger partial charge in [0.25, 0.3) is 5.91 Å². The maximum atomic E-state index is 12.6. The van der Waals surface area contributed by atoms with Gasteiger partial charge < -0.3 is 19.9 Å². The van der Waals surface area contributed by atoms with Crippen molar-refractivity contribution in [3.8, 4) is 5.75 Å². The van der Waals surface area contributed by atoms with Crippen molar-refractivity contribution in [1.82, 2.24) is 4.90 Å². The Balaban J connectivity index is 1.65. The minimum atomic E-state index is -0.282. The summed E-state index contributed by atoms with van der Waals surface area (Å²) in [4.78, 5) is 28.4. The van der Waals surface area contributed by atoms with E-state index in [1.807, 2.05) is 30.9 Å². The lowest BCUT2D eigenvalue weighted by Gasteiger charge is -2.36. The average Bonchev–Trinajstić information content (AvgIpc) is 2.75. The molecule has 2 aromatic rings. The van der Waals surface area contributed by atoms with Crippen LogP contribution in [-0.2, 0) is 4.79 Å². The Morgan fingerprint density at radius 3 is 2.33 bits per heavy atom. The molecule has 1 aliphatic heterocycles. The Bertz CT molecular complexity index is 928. The monoisotopic (exact) mass is 449 g/mol. The predicted octanol–water partition coefficient (Wildman–Crippen LogP) is 4.70. The van der Waals surface area contributed by atoms with E-state index in [0.29, 0.717) is 53.2 Å². The maximum Gasteiger partial charge on any atom is 0.255 e. The number of nitrogens with zero attached hydrogens (tertiary/aromatic N) is 2. The smallest absolute Gasteiger partial charge is 0.255 e. The van der Waals surface area contributed by atoms with Gasteiger partial charge in [0.05, 0.1) is 22.3 Å². The molecule has 0 unspecified atom stereocenters. The van der Waals surface area contributed by atoms with Crippen LogP contribution in [0.2, 0.25) is 10.0 Å². The first-order valence-electron chi connectivity index (χ1n) is 9.98. The Morgan fingerprint density at radius 1 is 1.00 bits per heavy atom. The van der Waals surface area contributed by atoms with Gasteiger partial charge in [-0.25, -0.2) is 0 Å². The van der Waals surface area contributed by atoms with Crippen molar-refractivity contribution in [2.75, 3.05) is 43.0 Å². The van der Waals surface area contributed by atoms with Crippen LogP contribution in [0, 0.1) is 0 Å². The molecule has 0 saturated carbocycles. The first-order chi connectivity index (χ1) is 14.4. The molecule has 0 aliphatic carbocycles. The first-order valence-corrected chi connectivity index (χ1v) is 10.7. The lowest BCUT2D eigenvalue weighted by molar-refractivity contribution is -0.131. The van der Waals surface area contributed by atoms with Crippen molar-refractivity contribution in [3.05, 3.63) is 52.0 Å². The average molecular weight is 450 g/mol. The number of anilines is 2. The van der Waals surface area contributed by atoms with Gasteiger partial charge in [0.2, 0.25) is 5.91 Å². The fourth-order valence-electron chi connectivity index (χ4n) is 3.38. The van der Waals surface area contributed by atoms with Gasteiger partial charge in [0.1, 0.15) is 5.75 Å². The third-order valence-corrected chi connectivity index (χ3v) is 5.57. The third-order valence-electron chi connectivity index (χ3n) is 4.97. The molecule has 1 saturated heterocycles. The number of hydrogen-bond acceptors (Lipinski definition) is 4. The van der Waals surface area contributed by atoms with Crippen LogP contribution in [0.1, 0.15) is 30.6 Å². The molecular formula is C22H25Cl2N3O3. The summed E-state index contributed by atoms with van der Waals surface area (Å²) in [5.74, 6) is 0.438. The zero-order chi connectivity index (χ0) is 21.7. The van der Waals surface area contributed by atoms with Crippen LogP contribution in [0.4, 0.5) is 11.4 Å². The number of carbonyl (C=O) groups is 2. The standard InChI is InChI=1S/C22H25Cl2N3O3/c1-3-21(28)27-11-9-26(10-12-27)19-7-6-16(14-17(19)23)25-22(29)15-5-8-20(30-4-2)18(24)13-15/h5-8,13-14H,3-4,9-12H2,1-2H3,(H,25,29). The molecule has 2 aromatic carbocycles. The fourth-order valence-corrected chi connectivity index (χ4v) is 3.91. The van der Waals surface area contributed by atoms with Gasteiger partial charge >= 0.3 is 0 Å². The van der Waals surface area contributed by atoms with E-state index in [1.54, 1.807) is 24.3 Å². The van der Waals surface area contributed by atoms with E-state index < -0.39 is 0 Å². The zero-order valence-electron chi connectivity index (χ0n) is 17.1. The quantitative estimate of drug-likeness (QED) is 0.693. The van der Waals surface area contributed by atoms with E-state index in [-0.39, 0.29) is 11.8 Å². The highest BCUT2D eigenvalue weighted by Crippen LogP contribution is 2.30. The number of nitrogens with one attached hydrogen (secondary N) is 1. The number of rotatable bonds is 6. The summed E-state index contributed by atoms with van der Waals surface area (Å²) in [6.07, 6.45) is 0.523. The molecule has 1 N–H and O–H groups in total. The SMILES string of the molecule is CCOc1ccc(C(=O)Nc2ccc(N3CCN(C(=O)CC)CC3)c(Cl)c2)cc1Cl. The van der Waals surface area contributed by atoms with Gasteiger partial charge in [-0.05, 0) is 43.3 Å². The molecule has 6 nitrogen and oxygen atoms in total. The summed E-state index contributed by atoms with van der Waals surface area (Å²) >= 11 is 12.7. The van der Waals surface area contributed by atoms with Crippen molar-refractivity contribution < 1.29 is 14.3 Å². The van der Waals surface area contributed by atoms with Crippen LogP contribution in [0.5, 0.6) is 5.75 Å². The summed E-state index contributed by atoms with van der Waals surface area (Å²) in [7, 11) is 0. The lowest BCUT2D eigenvalue weighted by atomic mass is 10.2. The van der Waals surface area contributed by atoms with Crippen LogP contribution in [0.3, 0.4) is 0 Å². The van der Waals surface area contributed by atoms with E-state index in [9.17, 15) is 9.59 Å². The molecule has 0 spiro atoms. The number of ether oxygens (including phenoxy) is 1. The molecule has 8 heteroatoms. The van der Waals surface area contributed by atoms with Gasteiger partial charge in [0, 0.05) is 43.9 Å². The van der Waals surface area contributed by atoms with Gasteiger partial charge in [0.15, 0.2) is 0 Å². The maximum absolute atomic E-state index is 12.6. The first kappa shape index (κ1) is 22.2. The van der Waals surface area contributed by atoms with Crippen molar-refractivity contribution in [3.63, 3.8) is 0 Å². The van der Waals surface area contributed by atoms with Crippen LogP contribution in [-0.4, -0.2) is 49.5 Å². The van der Waals surface area contributed by atoms with Gasteiger partial charge in [-0.2, -0.15) is 0 Å². The summed E-state index contributed by atoms with van der Waals surface area (Å²) in [5.41, 5.74) is 1.92. The fraction of sp³-hybridized carbons (Fsp3) is 0.364. The normalized spacial score (nSPS) is 13.9. The van der Waals surface area contributed by atoms with E-state index in [4.69, 9.17) is 27.9 Å². The molecule has 0 aromatic heterocycles.